The molecular formula is C18H24N4O. The summed E-state index contributed by atoms with van der Waals surface area (Å²) in [6.45, 7) is 4.28. The summed E-state index contributed by atoms with van der Waals surface area (Å²) < 4.78 is 5.62. The Bertz CT molecular complexity index is 697. The van der Waals surface area contributed by atoms with Crippen LogP contribution in [0.1, 0.15) is 49.9 Å². The highest BCUT2D eigenvalue weighted by atomic mass is 16.5. The molecule has 2 fully saturated rings. The van der Waals surface area contributed by atoms with Gasteiger partial charge in [-0.05, 0) is 44.7 Å². The maximum atomic E-state index is 6.47. The van der Waals surface area contributed by atoms with Crippen LogP contribution >= 0.6 is 0 Å². The van der Waals surface area contributed by atoms with Gasteiger partial charge in [0.1, 0.15) is 0 Å². The average Bonchev–Trinajstić information content (AvgIpc) is 3.29. The number of benzene rings is 1. The van der Waals surface area contributed by atoms with E-state index in [0.717, 1.165) is 44.3 Å². The number of anilines is 1. The second kappa shape index (κ2) is 5.64. The summed E-state index contributed by atoms with van der Waals surface area (Å²) in [5, 5.41) is 4.21. The van der Waals surface area contributed by atoms with Crippen LogP contribution in [0.15, 0.2) is 22.7 Å². The fourth-order valence-corrected chi connectivity index (χ4v) is 3.82. The third-order valence-corrected chi connectivity index (χ3v) is 5.20. The zero-order chi connectivity index (χ0) is 15.9. The minimum Gasteiger partial charge on any atom is -0.371 e. The molecule has 0 radical (unpaired) electrons. The molecular weight excluding hydrogens is 288 g/mol. The van der Waals surface area contributed by atoms with Crippen molar-refractivity contribution >= 4 is 5.69 Å². The van der Waals surface area contributed by atoms with Gasteiger partial charge in [0.15, 0.2) is 5.82 Å². The molecule has 122 valence electrons. The number of hydrogen-bond donors (Lipinski definition) is 1. The molecule has 2 aliphatic rings. The van der Waals surface area contributed by atoms with Crippen LogP contribution in [0.5, 0.6) is 0 Å². The van der Waals surface area contributed by atoms with Gasteiger partial charge in [-0.25, -0.2) is 0 Å². The van der Waals surface area contributed by atoms with E-state index in [2.05, 4.69) is 40.2 Å². The van der Waals surface area contributed by atoms with Gasteiger partial charge in [-0.15, -0.1) is 0 Å². The van der Waals surface area contributed by atoms with Gasteiger partial charge in [0.25, 0.3) is 5.89 Å². The van der Waals surface area contributed by atoms with E-state index in [1.165, 1.54) is 24.1 Å². The van der Waals surface area contributed by atoms with E-state index in [9.17, 15) is 0 Å². The summed E-state index contributed by atoms with van der Waals surface area (Å²) in [7, 11) is 0. The third kappa shape index (κ3) is 2.63. The lowest BCUT2D eigenvalue weighted by atomic mass is 9.98. The fraction of sp³-hybridized carbons (Fsp3) is 0.556. The van der Waals surface area contributed by atoms with Gasteiger partial charge in [0.05, 0.1) is 11.1 Å². The standard InChI is InChI=1S/C18H24N4O/c1-13-6-7-15(22-10-4-5-11-22)14(12-13)16-20-17(21-23-16)18(19)8-2-3-9-18/h6-7,12H,2-5,8-11,19H2,1H3. The van der Waals surface area contributed by atoms with Crippen molar-refractivity contribution in [2.45, 2.75) is 51.0 Å². The van der Waals surface area contributed by atoms with Crippen LogP contribution in [0.2, 0.25) is 0 Å². The number of rotatable bonds is 3. The number of nitrogens with two attached hydrogens (primary N) is 1. The Kier molecular flexibility index (Phi) is 3.60. The Hall–Kier alpha value is -1.88. The minimum absolute atomic E-state index is 0.403. The molecule has 0 bridgehead atoms. The number of aromatic nitrogens is 2. The molecule has 2 N–H and O–H groups in total. The Morgan fingerprint density at radius 1 is 1.13 bits per heavy atom. The molecule has 1 aromatic heterocycles. The molecule has 2 heterocycles. The van der Waals surface area contributed by atoms with Crippen LogP contribution in [0.4, 0.5) is 5.69 Å². The molecule has 1 aliphatic heterocycles. The van der Waals surface area contributed by atoms with Gasteiger partial charge < -0.3 is 15.2 Å². The second-order valence-corrected chi connectivity index (χ2v) is 7.00. The molecule has 5 heteroatoms. The van der Waals surface area contributed by atoms with E-state index in [4.69, 9.17) is 10.3 Å². The van der Waals surface area contributed by atoms with Gasteiger partial charge in [0.2, 0.25) is 0 Å². The first kappa shape index (κ1) is 14.7. The van der Waals surface area contributed by atoms with Crippen molar-refractivity contribution in [1.29, 1.82) is 0 Å². The van der Waals surface area contributed by atoms with E-state index in [0.29, 0.717) is 11.7 Å². The molecule has 0 unspecified atom stereocenters. The minimum atomic E-state index is -0.403. The molecule has 0 amide bonds. The molecule has 0 atom stereocenters. The highest BCUT2D eigenvalue weighted by Gasteiger charge is 2.36. The SMILES string of the molecule is Cc1ccc(N2CCCC2)c(-c2nc(C3(N)CCCC3)no2)c1. The zero-order valence-electron chi connectivity index (χ0n) is 13.7. The Morgan fingerprint density at radius 2 is 1.87 bits per heavy atom. The van der Waals surface area contributed by atoms with E-state index in [1.54, 1.807) is 0 Å². The van der Waals surface area contributed by atoms with Crippen molar-refractivity contribution in [1.82, 2.24) is 10.1 Å². The van der Waals surface area contributed by atoms with Crippen LogP contribution in [0.25, 0.3) is 11.5 Å². The van der Waals surface area contributed by atoms with Crippen LogP contribution in [-0.2, 0) is 5.54 Å². The second-order valence-electron chi connectivity index (χ2n) is 7.00. The third-order valence-electron chi connectivity index (χ3n) is 5.20. The lowest BCUT2D eigenvalue weighted by Crippen LogP contribution is -2.34. The van der Waals surface area contributed by atoms with E-state index in [-0.39, 0.29) is 0 Å². The van der Waals surface area contributed by atoms with Crippen molar-refractivity contribution < 1.29 is 4.52 Å². The predicted molar refractivity (Wildman–Crippen MR) is 90.3 cm³/mol. The predicted octanol–water partition coefficient (Wildman–Crippen LogP) is 3.37. The highest BCUT2D eigenvalue weighted by molar-refractivity contribution is 5.74. The monoisotopic (exact) mass is 312 g/mol. The maximum Gasteiger partial charge on any atom is 0.260 e. The van der Waals surface area contributed by atoms with Gasteiger partial charge in [0, 0.05) is 18.8 Å². The molecule has 23 heavy (non-hydrogen) atoms. The summed E-state index contributed by atoms with van der Waals surface area (Å²) in [4.78, 5) is 7.09. The molecule has 1 aromatic carbocycles. The van der Waals surface area contributed by atoms with Crippen LogP contribution in [0, 0.1) is 6.92 Å². The first-order valence-corrected chi connectivity index (χ1v) is 8.65. The van der Waals surface area contributed by atoms with Crippen LogP contribution in [-0.4, -0.2) is 23.2 Å². The molecule has 1 aliphatic carbocycles. The van der Waals surface area contributed by atoms with Gasteiger partial charge in [-0.3, -0.25) is 0 Å². The van der Waals surface area contributed by atoms with E-state index >= 15 is 0 Å². The fourth-order valence-electron chi connectivity index (χ4n) is 3.82. The molecule has 1 saturated heterocycles. The van der Waals surface area contributed by atoms with Crippen molar-refractivity contribution in [3.63, 3.8) is 0 Å². The van der Waals surface area contributed by atoms with Gasteiger partial charge >= 0.3 is 0 Å². The summed E-state index contributed by atoms with van der Waals surface area (Å²) >= 11 is 0. The first-order chi connectivity index (χ1) is 11.2. The highest BCUT2D eigenvalue weighted by Crippen LogP contribution is 2.37. The van der Waals surface area contributed by atoms with E-state index < -0.39 is 5.54 Å². The maximum absolute atomic E-state index is 6.47. The summed E-state index contributed by atoms with van der Waals surface area (Å²) in [5.41, 5.74) is 9.49. The summed E-state index contributed by atoms with van der Waals surface area (Å²) in [5.74, 6) is 1.27. The molecule has 1 saturated carbocycles. The van der Waals surface area contributed by atoms with Crippen molar-refractivity contribution in [3.05, 3.63) is 29.6 Å². The Labute approximate surface area is 136 Å². The largest absolute Gasteiger partial charge is 0.371 e. The average molecular weight is 312 g/mol. The van der Waals surface area contributed by atoms with Crippen molar-refractivity contribution in [3.8, 4) is 11.5 Å². The quantitative estimate of drug-likeness (QED) is 0.941. The zero-order valence-corrected chi connectivity index (χ0v) is 13.7. The molecule has 2 aromatic rings. The summed E-state index contributed by atoms with van der Waals surface area (Å²) in [6.07, 6.45) is 6.66. The number of nitrogens with zero attached hydrogens (tertiary/aromatic N) is 3. The van der Waals surface area contributed by atoms with Gasteiger partial charge in [-0.1, -0.05) is 29.6 Å². The normalized spacial score (nSPS) is 20.3. The lowest BCUT2D eigenvalue weighted by molar-refractivity contribution is 0.372. The van der Waals surface area contributed by atoms with Crippen LogP contribution in [0.3, 0.4) is 0 Å². The Balaban J connectivity index is 1.72. The summed E-state index contributed by atoms with van der Waals surface area (Å²) in [6, 6.07) is 6.46. The topological polar surface area (TPSA) is 68.2 Å². The number of aryl methyl sites for hydroxylation is 1. The van der Waals surface area contributed by atoms with Gasteiger partial charge in [-0.2, -0.15) is 4.98 Å². The van der Waals surface area contributed by atoms with Crippen molar-refractivity contribution in [2.75, 3.05) is 18.0 Å². The molecule has 5 nitrogen and oxygen atoms in total. The van der Waals surface area contributed by atoms with Crippen LogP contribution < -0.4 is 10.6 Å². The van der Waals surface area contributed by atoms with E-state index in [1.807, 2.05) is 0 Å². The molecule has 4 rings (SSSR count). The Morgan fingerprint density at radius 3 is 2.61 bits per heavy atom. The smallest absolute Gasteiger partial charge is 0.260 e. The van der Waals surface area contributed by atoms with Crippen molar-refractivity contribution in [2.24, 2.45) is 5.73 Å². The lowest BCUT2D eigenvalue weighted by Gasteiger charge is -2.20. The number of hydrogen-bond acceptors (Lipinski definition) is 5. The molecule has 0 spiro atoms. The first-order valence-electron chi connectivity index (χ1n) is 8.65.